The summed E-state index contributed by atoms with van der Waals surface area (Å²) in [6.45, 7) is 0.367. The van der Waals surface area contributed by atoms with Crippen LogP contribution in [0.4, 0.5) is 5.69 Å². The van der Waals surface area contributed by atoms with Crippen molar-refractivity contribution in [2.75, 3.05) is 25.6 Å². The zero-order valence-corrected chi connectivity index (χ0v) is 10.8. The zero-order chi connectivity index (χ0) is 13.2. The van der Waals surface area contributed by atoms with Crippen molar-refractivity contribution in [3.05, 3.63) is 23.8 Å². The van der Waals surface area contributed by atoms with Crippen LogP contribution in [-0.4, -0.2) is 32.1 Å². The molecule has 1 fully saturated rings. The molecule has 4 heteroatoms. The number of hydrogen-bond donors (Lipinski definition) is 1. The van der Waals surface area contributed by atoms with Crippen molar-refractivity contribution in [3.63, 3.8) is 0 Å². The summed E-state index contributed by atoms with van der Waals surface area (Å²) in [6, 6.07) is 5.77. The summed E-state index contributed by atoms with van der Waals surface area (Å²) in [7, 11) is 3.88. The first-order chi connectivity index (χ1) is 8.57. The Morgan fingerprint density at radius 3 is 2.72 bits per heavy atom. The molecule has 1 N–H and O–H groups in total. The minimum Gasteiger partial charge on any atom is -0.491 e. The smallest absolute Gasteiger partial charge is 0.142 e. The number of carbonyl (C=O) groups excluding carboxylic acids is 1. The van der Waals surface area contributed by atoms with Crippen molar-refractivity contribution in [1.29, 1.82) is 0 Å². The van der Waals surface area contributed by atoms with E-state index >= 15 is 0 Å². The highest BCUT2D eigenvalue weighted by Crippen LogP contribution is 2.47. The molecule has 0 amide bonds. The number of nitrogens with zero attached hydrogens (tertiary/aromatic N) is 1. The van der Waals surface area contributed by atoms with Gasteiger partial charge in [0, 0.05) is 20.5 Å². The fourth-order valence-electron chi connectivity index (χ4n) is 1.91. The van der Waals surface area contributed by atoms with Gasteiger partial charge < -0.3 is 19.5 Å². The average molecular weight is 249 g/mol. The van der Waals surface area contributed by atoms with Crippen LogP contribution >= 0.6 is 0 Å². The second kappa shape index (κ2) is 4.98. The van der Waals surface area contributed by atoms with Gasteiger partial charge in [-0.2, -0.15) is 0 Å². The van der Waals surface area contributed by atoms with Crippen LogP contribution in [0.2, 0.25) is 0 Å². The predicted molar refractivity (Wildman–Crippen MR) is 70.1 cm³/mol. The van der Waals surface area contributed by atoms with Crippen molar-refractivity contribution in [1.82, 2.24) is 0 Å². The molecule has 0 aliphatic heterocycles. The van der Waals surface area contributed by atoms with Gasteiger partial charge in [0.15, 0.2) is 0 Å². The molecule has 0 atom stereocenters. The monoisotopic (exact) mass is 249 g/mol. The molecule has 1 saturated carbocycles. The number of carbonyl (C=O) groups is 1. The Morgan fingerprint density at radius 1 is 1.44 bits per heavy atom. The van der Waals surface area contributed by atoms with Gasteiger partial charge in [-0.1, -0.05) is 6.07 Å². The number of anilines is 1. The molecule has 0 heterocycles. The van der Waals surface area contributed by atoms with Crippen LogP contribution in [0.5, 0.6) is 5.75 Å². The standard InChI is InChI=1S/C14H19NO3/c1-15(2)12-5-4-11(14(17)6-7-14)10-13(12)18-9-3-8-16/h4-5,8,10,17H,3,6-7,9H2,1-2H3. The van der Waals surface area contributed by atoms with E-state index in [-0.39, 0.29) is 0 Å². The van der Waals surface area contributed by atoms with Gasteiger partial charge >= 0.3 is 0 Å². The molecule has 0 radical (unpaired) electrons. The number of benzene rings is 1. The molecule has 1 aliphatic carbocycles. The van der Waals surface area contributed by atoms with Gasteiger partial charge in [-0.3, -0.25) is 0 Å². The molecule has 0 bridgehead atoms. The lowest BCUT2D eigenvalue weighted by molar-refractivity contribution is -0.108. The van der Waals surface area contributed by atoms with E-state index in [0.29, 0.717) is 13.0 Å². The minimum absolute atomic E-state index is 0.367. The van der Waals surface area contributed by atoms with Crippen molar-refractivity contribution in [2.24, 2.45) is 0 Å². The lowest BCUT2D eigenvalue weighted by Gasteiger charge is -2.20. The second-order valence-corrected chi connectivity index (χ2v) is 4.91. The number of aldehydes is 1. The lowest BCUT2D eigenvalue weighted by atomic mass is 10.1. The molecule has 1 aromatic rings. The van der Waals surface area contributed by atoms with Gasteiger partial charge in [-0.25, -0.2) is 0 Å². The third-order valence-corrected chi connectivity index (χ3v) is 3.20. The zero-order valence-electron chi connectivity index (χ0n) is 10.8. The number of ether oxygens (including phenoxy) is 1. The highest BCUT2D eigenvalue weighted by atomic mass is 16.5. The van der Waals surface area contributed by atoms with Crippen molar-refractivity contribution in [3.8, 4) is 5.75 Å². The van der Waals surface area contributed by atoms with Gasteiger partial charge in [0.25, 0.3) is 0 Å². The van der Waals surface area contributed by atoms with E-state index in [1.165, 1.54) is 0 Å². The lowest BCUT2D eigenvalue weighted by Crippen LogP contribution is -2.13. The van der Waals surface area contributed by atoms with Crippen LogP contribution in [0.1, 0.15) is 24.8 Å². The first-order valence-electron chi connectivity index (χ1n) is 6.17. The maximum atomic E-state index is 10.3. The normalized spacial score (nSPS) is 16.2. The maximum Gasteiger partial charge on any atom is 0.142 e. The van der Waals surface area contributed by atoms with Crippen LogP contribution in [0, 0.1) is 0 Å². The minimum atomic E-state index is -0.659. The van der Waals surface area contributed by atoms with Crippen molar-refractivity contribution >= 4 is 12.0 Å². The Balaban J connectivity index is 2.23. The van der Waals surface area contributed by atoms with Crippen LogP contribution in [-0.2, 0) is 10.4 Å². The molecule has 18 heavy (non-hydrogen) atoms. The fraction of sp³-hybridized carbons (Fsp3) is 0.500. The molecule has 2 rings (SSSR count). The highest BCUT2D eigenvalue weighted by molar-refractivity contribution is 5.60. The van der Waals surface area contributed by atoms with Gasteiger partial charge in [-0.15, -0.1) is 0 Å². The Kier molecular flexibility index (Phi) is 3.57. The van der Waals surface area contributed by atoms with Gasteiger partial charge in [0.2, 0.25) is 0 Å². The van der Waals surface area contributed by atoms with Crippen molar-refractivity contribution < 1.29 is 14.6 Å². The molecular formula is C14H19NO3. The Bertz CT molecular complexity index is 439. The molecule has 98 valence electrons. The molecule has 0 aromatic heterocycles. The third kappa shape index (κ3) is 2.64. The topological polar surface area (TPSA) is 49.8 Å². The average Bonchev–Trinajstić information content (AvgIpc) is 3.09. The van der Waals surface area contributed by atoms with E-state index in [0.717, 1.165) is 36.1 Å². The first-order valence-corrected chi connectivity index (χ1v) is 6.17. The van der Waals surface area contributed by atoms with Gasteiger partial charge in [0.05, 0.1) is 17.9 Å². The van der Waals surface area contributed by atoms with Crippen LogP contribution in [0.3, 0.4) is 0 Å². The number of rotatable bonds is 6. The summed E-state index contributed by atoms with van der Waals surface area (Å²) in [5.74, 6) is 0.722. The molecular weight excluding hydrogens is 230 g/mol. The number of hydrogen-bond acceptors (Lipinski definition) is 4. The molecule has 0 saturated heterocycles. The van der Waals surface area contributed by atoms with Crippen molar-refractivity contribution in [2.45, 2.75) is 24.9 Å². The van der Waals surface area contributed by atoms with E-state index in [1.807, 2.05) is 37.2 Å². The van der Waals surface area contributed by atoms with Crippen LogP contribution in [0.25, 0.3) is 0 Å². The van der Waals surface area contributed by atoms with E-state index in [9.17, 15) is 9.90 Å². The Labute approximate surface area is 107 Å². The van der Waals surface area contributed by atoms with Gasteiger partial charge in [0.1, 0.15) is 12.0 Å². The van der Waals surface area contributed by atoms with E-state index in [2.05, 4.69) is 0 Å². The second-order valence-electron chi connectivity index (χ2n) is 4.91. The van der Waals surface area contributed by atoms with Crippen LogP contribution in [0.15, 0.2) is 18.2 Å². The summed E-state index contributed by atoms with van der Waals surface area (Å²) >= 11 is 0. The number of aliphatic hydroxyl groups is 1. The fourth-order valence-corrected chi connectivity index (χ4v) is 1.91. The van der Waals surface area contributed by atoms with E-state index < -0.39 is 5.60 Å². The summed E-state index contributed by atoms with van der Waals surface area (Å²) in [5.41, 5.74) is 1.19. The third-order valence-electron chi connectivity index (χ3n) is 3.20. The van der Waals surface area contributed by atoms with E-state index in [4.69, 9.17) is 4.74 Å². The van der Waals surface area contributed by atoms with E-state index in [1.54, 1.807) is 0 Å². The molecule has 0 unspecified atom stereocenters. The first kappa shape index (κ1) is 12.9. The Hall–Kier alpha value is -1.55. The molecule has 1 aliphatic rings. The summed E-state index contributed by atoms with van der Waals surface area (Å²) < 4.78 is 5.62. The summed E-state index contributed by atoms with van der Waals surface area (Å²) in [6.07, 6.45) is 2.83. The SMILES string of the molecule is CN(C)c1ccc(C2(O)CC2)cc1OCCC=O. The summed E-state index contributed by atoms with van der Waals surface area (Å²) in [4.78, 5) is 12.3. The molecule has 1 aromatic carbocycles. The molecule has 0 spiro atoms. The predicted octanol–water partition coefficient (Wildman–Crippen LogP) is 1.70. The largest absolute Gasteiger partial charge is 0.491 e. The quantitative estimate of drug-likeness (QED) is 0.616. The van der Waals surface area contributed by atoms with Crippen LogP contribution < -0.4 is 9.64 Å². The summed E-state index contributed by atoms with van der Waals surface area (Å²) in [5, 5.41) is 10.1. The maximum absolute atomic E-state index is 10.3. The van der Waals surface area contributed by atoms with Gasteiger partial charge in [-0.05, 0) is 30.5 Å². The molecule has 4 nitrogen and oxygen atoms in total. The Morgan fingerprint density at radius 2 is 2.17 bits per heavy atom. The highest BCUT2D eigenvalue weighted by Gasteiger charge is 2.42.